The summed E-state index contributed by atoms with van der Waals surface area (Å²) in [6, 6.07) is 20.4. The van der Waals surface area contributed by atoms with E-state index in [2.05, 4.69) is 9.98 Å². The lowest BCUT2D eigenvalue weighted by Crippen LogP contribution is -1.94. The van der Waals surface area contributed by atoms with Gasteiger partial charge in [-0.05, 0) is 90.3 Å². The number of aliphatic hydroxyl groups is 2. The predicted octanol–water partition coefficient (Wildman–Crippen LogP) is 4.15. The first-order valence-electron chi connectivity index (χ1n) is 9.04. The van der Waals surface area contributed by atoms with E-state index in [0.717, 1.165) is 28.1 Å². The van der Waals surface area contributed by atoms with Gasteiger partial charge in [0.2, 0.25) is 0 Å². The van der Waals surface area contributed by atoms with E-state index in [1.807, 2.05) is 49.4 Å². The second kappa shape index (κ2) is 10.2. The maximum Gasteiger partial charge on any atom is 0.186 e. The van der Waals surface area contributed by atoms with Crippen molar-refractivity contribution < 1.29 is 19.7 Å². The summed E-state index contributed by atoms with van der Waals surface area (Å²) in [5.41, 5.74) is 4.59. The van der Waals surface area contributed by atoms with Crippen molar-refractivity contribution in [3.8, 4) is 11.5 Å². The molecule has 0 fully saturated rings. The van der Waals surface area contributed by atoms with Crippen molar-refractivity contribution in [1.29, 1.82) is 0 Å². The second-order valence-electron chi connectivity index (χ2n) is 6.17. The molecule has 0 bridgehead atoms. The minimum Gasteiger partial charge on any atom is -0.468 e. The summed E-state index contributed by atoms with van der Waals surface area (Å²) < 4.78 is 10.0. The van der Waals surface area contributed by atoms with E-state index in [4.69, 9.17) is 19.7 Å². The third kappa shape index (κ3) is 6.00. The Kier molecular flexibility index (Phi) is 7.10. The van der Waals surface area contributed by atoms with E-state index in [1.165, 1.54) is 0 Å². The van der Waals surface area contributed by atoms with Crippen LogP contribution in [-0.4, -0.2) is 36.2 Å². The molecule has 0 heterocycles. The average Bonchev–Trinajstić information content (AvgIpc) is 2.74. The van der Waals surface area contributed by atoms with E-state index in [-0.39, 0.29) is 13.6 Å². The SMILES string of the molecule is Cc1cc(N=Cc2ccc(OCO)cc2)ccc1N=Cc1ccc(OCO)cc1. The summed E-state index contributed by atoms with van der Waals surface area (Å²) in [7, 11) is 0. The van der Waals surface area contributed by atoms with Crippen molar-refractivity contribution in [2.45, 2.75) is 6.92 Å². The smallest absolute Gasteiger partial charge is 0.186 e. The van der Waals surface area contributed by atoms with Gasteiger partial charge in [-0.2, -0.15) is 0 Å². The Bertz CT molecular complexity index is 981. The number of hydrogen-bond donors (Lipinski definition) is 2. The zero-order chi connectivity index (χ0) is 20.5. The van der Waals surface area contributed by atoms with Crippen LogP contribution in [0.1, 0.15) is 16.7 Å². The molecule has 0 aliphatic carbocycles. The van der Waals surface area contributed by atoms with Crippen LogP contribution in [0.15, 0.2) is 76.7 Å². The van der Waals surface area contributed by atoms with E-state index in [1.54, 1.807) is 36.7 Å². The van der Waals surface area contributed by atoms with Crippen LogP contribution in [0.2, 0.25) is 0 Å². The van der Waals surface area contributed by atoms with Gasteiger partial charge in [-0.1, -0.05) is 0 Å². The zero-order valence-corrected chi connectivity index (χ0v) is 16.0. The third-order valence-electron chi connectivity index (χ3n) is 4.12. The van der Waals surface area contributed by atoms with Gasteiger partial charge in [-0.15, -0.1) is 0 Å². The Morgan fingerprint density at radius 2 is 1.24 bits per heavy atom. The molecule has 3 aromatic carbocycles. The molecule has 0 radical (unpaired) electrons. The van der Waals surface area contributed by atoms with Crippen molar-refractivity contribution in [1.82, 2.24) is 0 Å². The number of aryl methyl sites for hydroxylation is 1. The van der Waals surface area contributed by atoms with Crippen LogP contribution in [0.25, 0.3) is 0 Å². The molecule has 0 saturated carbocycles. The molecular formula is C23H22N2O4. The topological polar surface area (TPSA) is 83.6 Å². The Balaban J connectivity index is 1.66. The molecule has 0 unspecified atom stereocenters. The highest BCUT2D eigenvalue weighted by molar-refractivity contribution is 5.84. The number of ether oxygens (including phenoxy) is 2. The highest BCUT2D eigenvalue weighted by Gasteiger charge is 1.99. The molecular weight excluding hydrogens is 368 g/mol. The Morgan fingerprint density at radius 1 is 0.724 bits per heavy atom. The van der Waals surface area contributed by atoms with Crippen molar-refractivity contribution in [2.75, 3.05) is 13.6 Å². The van der Waals surface area contributed by atoms with Gasteiger partial charge < -0.3 is 19.7 Å². The summed E-state index contributed by atoms with van der Waals surface area (Å²) in [5, 5.41) is 17.5. The fraction of sp³-hybridized carbons (Fsp3) is 0.130. The summed E-state index contributed by atoms with van der Waals surface area (Å²) >= 11 is 0. The number of aliphatic imine (C=N–C) groups is 2. The molecule has 3 aromatic rings. The van der Waals surface area contributed by atoms with Crippen LogP contribution in [0.5, 0.6) is 11.5 Å². The number of nitrogens with zero attached hydrogens (tertiary/aromatic N) is 2. The lowest BCUT2D eigenvalue weighted by atomic mass is 10.1. The van der Waals surface area contributed by atoms with Crippen LogP contribution in [0, 0.1) is 6.92 Å². The van der Waals surface area contributed by atoms with Crippen LogP contribution >= 0.6 is 0 Å². The van der Waals surface area contributed by atoms with Crippen LogP contribution in [0.3, 0.4) is 0 Å². The molecule has 2 N–H and O–H groups in total. The van der Waals surface area contributed by atoms with Gasteiger partial charge in [0.1, 0.15) is 11.5 Å². The van der Waals surface area contributed by atoms with E-state index in [9.17, 15) is 0 Å². The molecule has 0 aliphatic rings. The number of hydrogen-bond acceptors (Lipinski definition) is 6. The Labute approximate surface area is 169 Å². The molecule has 3 rings (SSSR count). The third-order valence-corrected chi connectivity index (χ3v) is 4.12. The van der Waals surface area contributed by atoms with E-state index < -0.39 is 0 Å². The highest BCUT2D eigenvalue weighted by atomic mass is 16.6. The van der Waals surface area contributed by atoms with Gasteiger partial charge >= 0.3 is 0 Å². The molecule has 29 heavy (non-hydrogen) atoms. The largest absolute Gasteiger partial charge is 0.468 e. The van der Waals surface area contributed by atoms with Crippen LogP contribution in [-0.2, 0) is 0 Å². The number of rotatable bonds is 8. The van der Waals surface area contributed by atoms with Crippen molar-refractivity contribution in [2.24, 2.45) is 9.98 Å². The normalized spacial score (nSPS) is 11.3. The molecule has 6 heteroatoms. The summed E-state index contributed by atoms with van der Waals surface area (Å²) in [6.07, 6.45) is 3.56. The Hall–Kier alpha value is -3.48. The maximum atomic E-state index is 8.76. The zero-order valence-electron chi connectivity index (χ0n) is 16.0. The average molecular weight is 390 g/mol. The molecule has 0 aliphatic heterocycles. The summed E-state index contributed by atoms with van der Waals surface area (Å²) in [6.45, 7) is 1.31. The highest BCUT2D eigenvalue weighted by Crippen LogP contribution is 2.24. The lowest BCUT2D eigenvalue weighted by Gasteiger charge is -2.03. The van der Waals surface area contributed by atoms with Crippen molar-refractivity contribution >= 4 is 23.8 Å². The molecule has 6 nitrogen and oxygen atoms in total. The van der Waals surface area contributed by atoms with Gasteiger partial charge in [-0.25, -0.2) is 0 Å². The summed E-state index contributed by atoms with van der Waals surface area (Å²) in [4.78, 5) is 9.04. The monoisotopic (exact) mass is 390 g/mol. The molecule has 0 amide bonds. The molecule has 0 aromatic heterocycles. The minimum absolute atomic E-state index is 0.342. The van der Waals surface area contributed by atoms with E-state index in [0.29, 0.717) is 11.5 Å². The first kappa shape index (κ1) is 20.3. The number of benzene rings is 3. The minimum atomic E-state index is -0.342. The first-order chi connectivity index (χ1) is 14.2. The summed E-state index contributed by atoms with van der Waals surface area (Å²) in [5.74, 6) is 1.22. The number of aliphatic hydroxyl groups excluding tert-OH is 2. The first-order valence-corrected chi connectivity index (χ1v) is 9.04. The second-order valence-corrected chi connectivity index (χ2v) is 6.17. The van der Waals surface area contributed by atoms with E-state index >= 15 is 0 Å². The Morgan fingerprint density at radius 3 is 1.72 bits per heavy atom. The predicted molar refractivity (Wildman–Crippen MR) is 114 cm³/mol. The standard InChI is InChI=1S/C23H22N2O4/c1-17-12-20(24-13-18-2-7-21(8-3-18)28-15-26)6-11-23(17)25-14-19-4-9-22(10-5-19)29-16-27/h2-14,26-27H,15-16H2,1H3. The maximum absolute atomic E-state index is 8.76. The van der Waals surface area contributed by atoms with Gasteiger partial charge in [0.15, 0.2) is 13.6 Å². The van der Waals surface area contributed by atoms with Gasteiger partial charge in [0.25, 0.3) is 0 Å². The molecule has 0 saturated heterocycles. The van der Waals surface area contributed by atoms with Crippen LogP contribution in [0.4, 0.5) is 11.4 Å². The molecule has 0 spiro atoms. The lowest BCUT2D eigenvalue weighted by molar-refractivity contribution is 0.0981. The van der Waals surface area contributed by atoms with Crippen LogP contribution < -0.4 is 9.47 Å². The fourth-order valence-electron chi connectivity index (χ4n) is 2.61. The van der Waals surface area contributed by atoms with Gasteiger partial charge in [0, 0.05) is 12.4 Å². The quantitative estimate of drug-likeness (QED) is 0.447. The molecule has 148 valence electrons. The van der Waals surface area contributed by atoms with Gasteiger partial charge in [-0.3, -0.25) is 9.98 Å². The fourth-order valence-corrected chi connectivity index (χ4v) is 2.61. The van der Waals surface area contributed by atoms with Crippen molar-refractivity contribution in [3.63, 3.8) is 0 Å². The van der Waals surface area contributed by atoms with Crippen molar-refractivity contribution in [3.05, 3.63) is 83.4 Å². The molecule has 0 atom stereocenters. The van der Waals surface area contributed by atoms with Gasteiger partial charge in [0.05, 0.1) is 11.4 Å².